The molecule has 0 radical (unpaired) electrons. The van der Waals surface area contributed by atoms with Crippen molar-refractivity contribution >= 4 is 23.5 Å². The van der Waals surface area contributed by atoms with Gasteiger partial charge in [0.25, 0.3) is 0 Å². The van der Waals surface area contributed by atoms with Crippen LogP contribution in [0.5, 0.6) is 0 Å². The summed E-state index contributed by atoms with van der Waals surface area (Å²) in [4.78, 5) is 1.51. The molecule has 0 spiro atoms. The molecular weight excluding hydrogens is 220 g/mol. The van der Waals surface area contributed by atoms with Crippen molar-refractivity contribution in [2.24, 2.45) is 0 Å². The predicted molar refractivity (Wildman–Crippen MR) is 72.0 cm³/mol. The van der Waals surface area contributed by atoms with Crippen LogP contribution in [0.4, 0.5) is 0 Å². The summed E-state index contributed by atoms with van der Waals surface area (Å²) in [7, 11) is 0. The Hall–Kier alpha value is -0.0800. The molecule has 1 aliphatic rings. The van der Waals surface area contributed by atoms with E-state index in [0.29, 0.717) is 0 Å². The van der Waals surface area contributed by atoms with Crippen LogP contribution in [-0.2, 0) is 6.42 Å². The first kappa shape index (κ1) is 11.4. The summed E-state index contributed by atoms with van der Waals surface area (Å²) in [6.45, 7) is 2.26. The standard InChI is InChI=1S/C13H18S2/c1-2-3-8-14-10-12-9-11-6-4-5-7-13(11)15-12/h4-7,12H,2-3,8-10H2,1H3. The number of thioether (sulfide) groups is 2. The number of rotatable bonds is 5. The second-order valence-corrected chi connectivity index (χ2v) is 6.47. The van der Waals surface area contributed by atoms with E-state index in [1.54, 1.807) is 5.56 Å². The maximum absolute atomic E-state index is 2.28. The fourth-order valence-corrected chi connectivity index (χ4v) is 4.49. The molecule has 1 heterocycles. The van der Waals surface area contributed by atoms with Crippen LogP contribution in [0, 0.1) is 0 Å². The summed E-state index contributed by atoms with van der Waals surface area (Å²) < 4.78 is 0. The summed E-state index contributed by atoms with van der Waals surface area (Å²) in [6.07, 6.45) is 3.97. The van der Waals surface area contributed by atoms with Crippen LogP contribution in [0.3, 0.4) is 0 Å². The van der Waals surface area contributed by atoms with E-state index in [9.17, 15) is 0 Å². The molecule has 0 N–H and O–H groups in total. The van der Waals surface area contributed by atoms with E-state index in [1.807, 2.05) is 0 Å². The molecule has 0 amide bonds. The number of hydrogen-bond acceptors (Lipinski definition) is 2. The van der Waals surface area contributed by atoms with Gasteiger partial charge in [0, 0.05) is 15.9 Å². The molecule has 15 heavy (non-hydrogen) atoms. The van der Waals surface area contributed by atoms with Crippen molar-refractivity contribution in [1.82, 2.24) is 0 Å². The lowest BCUT2D eigenvalue weighted by atomic mass is 10.1. The average molecular weight is 238 g/mol. The second kappa shape index (κ2) is 5.86. The van der Waals surface area contributed by atoms with Gasteiger partial charge in [-0.1, -0.05) is 31.5 Å². The number of benzene rings is 1. The zero-order valence-corrected chi connectivity index (χ0v) is 10.9. The maximum Gasteiger partial charge on any atom is 0.0226 e. The van der Waals surface area contributed by atoms with E-state index in [1.165, 1.54) is 35.7 Å². The minimum Gasteiger partial charge on any atom is -0.161 e. The van der Waals surface area contributed by atoms with Gasteiger partial charge >= 0.3 is 0 Å². The Bertz CT molecular complexity index is 284. The summed E-state index contributed by atoms with van der Waals surface area (Å²) in [5.41, 5.74) is 1.56. The van der Waals surface area contributed by atoms with Crippen LogP contribution < -0.4 is 0 Å². The van der Waals surface area contributed by atoms with Gasteiger partial charge in [0.05, 0.1) is 0 Å². The third-order valence-electron chi connectivity index (χ3n) is 2.66. The molecule has 82 valence electrons. The highest BCUT2D eigenvalue weighted by molar-refractivity contribution is 8.03. The molecule has 2 rings (SSSR count). The highest BCUT2D eigenvalue weighted by Gasteiger charge is 2.21. The lowest BCUT2D eigenvalue weighted by Crippen LogP contribution is -2.04. The quantitative estimate of drug-likeness (QED) is 0.704. The van der Waals surface area contributed by atoms with E-state index < -0.39 is 0 Å². The van der Waals surface area contributed by atoms with Crippen LogP contribution in [0.2, 0.25) is 0 Å². The first-order chi connectivity index (χ1) is 7.40. The topological polar surface area (TPSA) is 0 Å². The summed E-state index contributed by atoms with van der Waals surface area (Å²) in [5, 5.41) is 0.823. The fraction of sp³-hybridized carbons (Fsp3) is 0.538. The van der Waals surface area contributed by atoms with Gasteiger partial charge in [-0.05, 0) is 30.2 Å². The number of fused-ring (bicyclic) bond motifs is 1. The Balaban J connectivity index is 1.76. The molecular formula is C13H18S2. The summed E-state index contributed by atoms with van der Waals surface area (Å²) in [6, 6.07) is 8.85. The van der Waals surface area contributed by atoms with Crippen LogP contribution in [0.1, 0.15) is 25.3 Å². The van der Waals surface area contributed by atoms with Crippen molar-refractivity contribution in [3.05, 3.63) is 29.8 Å². The largest absolute Gasteiger partial charge is 0.161 e. The molecule has 1 aliphatic heterocycles. The SMILES string of the molecule is CCCCSCC1Cc2ccccc2S1. The Kier molecular flexibility index (Phi) is 4.45. The molecule has 2 heteroatoms. The molecule has 0 nitrogen and oxygen atoms in total. The average Bonchev–Trinajstić information content (AvgIpc) is 2.67. The first-order valence-corrected chi connectivity index (χ1v) is 7.76. The van der Waals surface area contributed by atoms with E-state index in [4.69, 9.17) is 0 Å². The Labute approximate surface area is 101 Å². The summed E-state index contributed by atoms with van der Waals surface area (Å²) in [5.74, 6) is 2.66. The highest BCUT2D eigenvalue weighted by Crippen LogP contribution is 2.38. The first-order valence-electron chi connectivity index (χ1n) is 5.72. The van der Waals surface area contributed by atoms with Gasteiger partial charge < -0.3 is 0 Å². The molecule has 0 bridgehead atoms. The zero-order chi connectivity index (χ0) is 10.5. The van der Waals surface area contributed by atoms with Crippen LogP contribution in [-0.4, -0.2) is 16.8 Å². The molecule has 1 unspecified atom stereocenters. The molecule has 0 aromatic heterocycles. The van der Waals surface area contributed by atoms with E-state index in [2.05, 4.69) is 54.7 Å². The third kappa shape index (κ3) is 3.18. The van der Waals surface area contributed by atoms with Gasteiger partial charge in [-0.3, -0.25) is 0 Å². The van der Waals surface area contributed by atoms with Gasteiger partial charge in [-0.15, -0.1) is 11.8 Å². The van der Waals surface area contributed by atoms with Crippen molar-refractivity contribution in [2.45, 2.75) is 36.3 Å². The maximum atomic E-state index is 2.28. The van der Waals surface area contributed by atoms with Crippen molar-refractivity contribution in [3.63, 3.8) is 0 Å². The highest BCUT2D eigenvalue weighted by atomic mass is 32.2. The monoisotopic (exact) mass is 238 g/mol. The summed E-state index contributed by atoms with van der Waals surface area (Å²) >= 11 is 4.20. The molecule has 0 saturated carbocycles. The van der Waals surface area contributed by atoms with Crippen LogP contribution in [0.15, 0.2) is 29.2 Å². The van der Waals surface area contributed by atoms with Crippen LogP contribution in [0.25, 0.3) is 0 Å². The van der Waals surface area contributed by atoms with E-state index in [0.717, 1.165) is 5.25 Å². The number of hydrogen-bond donors (Lipinski definition) is 0. The molecule has 0 saturated heterocycles. The van der Waals surface area contributed by atoms with Crippen molar-refractivity contribution in [2.75, 3.05) is 11.5 Å². The van der Waals surface area contributed by atoms with E-state index >= 15 is 0 Å². The minimum atomic E-state index is 0.823. The Morgan fingerprint density at radius 1 is 1.40 bits per heavy atom. The van der Waals surface area contributed by atoms with E-state index in [-0.39, 0.29) is 0 Å². The molecule has 1 aromatic carbocycles. The second-order valence-electron chi connectivity index (χ2n) is 3.98. The van der Waals surface area contributed by atoms with Crippen molar-refractivity contribution in [1.29, 1.82) is 0 Å². The fourth-order valence-electron chi connectivity index (χ4n) is 1.81. The van der Waals surface area contributed by atoms with Gasteiger partial charge in [-0.25, -0.2) is 0 Å². The zero-order valence-electron chi connectivity index (χ0n) is 9.24. The van der Waals surface area contributed by atoms with Crippen molar-refractivity contribution in [3.8, 4) is 0 Å². The van der Waals surface area contributed by atoms with Gasteiger partial charge in [0.2, 0.25) is 0 Å². The lowest BCUT2D eigenvalue weighted by molar-refractivity contribution is 0.893. The smallest absolute Gasteiger partial charge is 0.0226 e. The van der Waals surface area contributed by atoms with Gasteiger partial charge in [0.1, 0.15) is 0 Å². The minimum absolute atomic E-state index is 0.823. The van der Waals surface area contributed by atoms with Gasteiger partial charge in [0.15, 0.2) is 0 Å². The number of unbranched alkanes of at least 4 members (excludes halogenated alkanes) is 1. The molecule has 0 fully saturated rings. The van der Waals surface area contributed by atoms with Crippen molar-refractivity contribution < 1.29 is 0 Å². The predicted octanol–water partition coefficient (Wildman–Crippen LogP) is 4.24. The van der Waals surface area contributed by atoms with Gasteiger partial charge in [-0.2, -0.15) is 11.8 Å². The Morgan fingerprint density at radius 3 is 3.07 bits per heavy atom. The Morgan fingerprint density at radius 2 is 2.27 bits per heavy atom. The lowest BCUT2D eigenvalue weighted by Gasteiger charge is -2.06. The molecule has 1 aromatic rings. The molecule has 1 atom stereocenters. The normalized spacial score (nSPS) is 19.1. The third-order valence-corrected chi connectivity index (χ3v) is 5.41. The van der Waals surface area contributed by atoms with Crippen LogP contribution >= 0.6 is 23.5 Å². The molecule has 0 aliphatic carbocycles.